The van der Waals surface area contributed by atoms with Gasteiger partial charge >= 0.3 is 0 Å². The average Bonchev–Trinajstić information content (AvgIpc) is 3.47. The van der Waals surface area contributed by atoms with Gasteiger partial charge in [0.15, 0.2) is 0 Å². The van der Waals surface area contributed by atoms with Crippen molar-refractivity contribution >= 4 is 55.8 Å². The van der Waals surface area contributed by atoms with E-state index in [1.165, 1.54) is 21.7 Å². The highest BCUT2D eigenvalue weighted by Gasteiger charge is 2.31. The number of carbonyl (C=O) groups is 1. The molecule has 2 aromatic heterocycles. The monoisotopic (exact) mass is 529 g/mol. The summed E-state index contributed by atoms with van der Waals surface area (Å²) in [6.45, 7) is 2.62. The Hall–Kier alpha value is -2.79. The lowest BCUT2D eigenvalue weighted by atomic mass is 9.99. The Bertz CT molecular complexity index is 1520. The molecule has 0 radical (unpaired) electrons. The van der Waals surface area contributed by atoms with Crippen LogP contribution in [0.3, 0.4) is 0 Å². The van der Waals surface area contributed by atoms with Gasteiger partial charge in [-0.05, 0) is 49.6 Å². The summed E-state index contributed by atoms with van der Waals surface area (Å²) in [4.78, 5) is 22.1. The fourth-order valence-electron chi connectivity index (χ4n) is 4.23. The van der Waals surface area contributed by atoms with Crippen molar-refractivity contribution in [3.05, 3.63) is 69.1 Å². The van der Waals surface area contributed by atoms with Crippen molar-refractivity contribution in [2.75, 3.05) is 18.4 Å². The highest BCUT2D eigenvalue weighted by Crippen LogP contribution is 2.33. The molecule has 1 N–H and O–H groups in total. The quantitative estimate of drug-likeness (QED) is 0.400. The van der Waals surface area contributed by atoms with E-state index in [0.717, 1.165) is 21.6 Å². The number of thiazole rings is 1. The summed E-state index contributed by atoms with van der Waals surface area (Å²) in [6, 6.07) is 12.5. The zero-order valence-electron chi connectivity index (χ0n) is 19.2. The minimum atomic E-state index is -3.61. The molecule has 0 atom stereocenters. The van der Waals surface area contributed by atoms with E-state index in [1.807, 2.05) is 42.8 Å². The molecule has 1 fully saturated rings. The van der Waals surface area contributed by atoms with E-state index in [2.05, 4.69) is 15.3 Å². The topological polar surface area (TPSA) is 97.2 Å². The van der Waals surface area contributed by atoms with Crippen LogP contribution in [0.4, 0.5) is 5.95 Å². The first-order valence-corrected chi connectivity index (χ1v) is 13.9. The van der Waals surface area contributed by atoms with Crippen LogP contribution in [0.1, 0.15) is 39.8 Å². The van der Waals surface area contributed by atoms with Crippen molar-refractivity contribution in [3.63, 3.8) is 0 Å². The van der Waals surface area contributed by atoms with Crippen molar-refractivity contribution in [2.45, 2.75) is 30.6 Å². The Balaban J connectivity index is 1.24. The molecule has 0 unspecified atom stereocenters. The van der Waals surface area contributed by atoms with Gasteiger partial charge in [0.05, 0.1) is 20.9 Å². The van der Waals surface area contributed by atoms with Crippen LogP contribution in [0.25, 0.3) is 11.0 Å². The summed E-state index contributed by atoms with van der Waals surface area (Å²) in [5, 5.41) is 5.87. The summed E-state index contributed by atoms with van der Waals surface area (Å²) >= 11 is 7.57. The Labute approximate surface area is 212 Å². The second-order valence-corrected chi connectivity index (χ2v) is 11.8. The maximum absolute atomic E-state index is 13.0. The first-order chi connectivity index (χ1) is 16.7. The average molecular weight is 530 g/mol. The maximum atomic E-state index is 13.0. The van der Waals surface area contributed by atoms with Gasteiger partial charge in [0, 0.05) is 36.5 Å². The number of fused-ring (bicyclic) bond motifs is 1. The summed E-state index contributed by atoms with van der Waals surface area (Å²) in [5.41, 5.74) is 2.90. The first kappa shape index (κ1) is 23.9. The summed E-state index contributed by atoms with van der Waals surface area (Å²) in [7, 11) is -1.76. The zero-order chi connectivity index (χ0) is 24.7. The molecule has 1 saturated heterocycles. The van der Waals surface area contributed by atoms with Gasteiger partial charge in [-0.2, -0.15) is 4.31 Å². The van der Waals surface area contributed by atoms with Gasteiger partial charge in [-0.25, -0.2) is 18.4 Å². The third-order valence-electron chi connectivity index (χ3n) is 6.35. The fourth-order valence-corrected chi connectivity index (χ4v) is 6.94. The number of imidazole rings is 1. The van der Waals surface area contributed by atoms with Gasteiger partial charge in [-0.3, -0.25) is 10.1 Å². The first-order valence-electron chi connectivity index (χ1n) is 11.2. The molecular weight excluding hydrogens is 506 g/mol. The molecule has 0 saturated carbocycles. The second kappa shape index (κ2) is 9.34. The van der Waals surface area contributed by atoms with Crippen molar-refractivity contribution in [2.24, 2.45) is 7.05 Å². The lowest BCUT2D eigenvalue weighted by molar-refractivity contribution is 0.102. The molecule has 1 aliphatic heterocycles. The molecule has 0 spiro atoms. The number of piperidine rings is 1. The fraction of sp³-hybridized carbons (Fsp3) is 0.292. The van der Waals surface area contributed by atoms with Crippen LogP contribution in [0.5, 0.6) is 0 Å². The minimum absolute atomic E-state index is 0.102. The SMILES string of the molecule is Cc1ccc(S(=O)(=O)N2CCC(c3nc(C(=O)Nc4nc5ccccc5n4C)cs3)CC2)cc1Cl. The van der Waals surface area contributed by atoms with Crippen LogP contribution in [-0.2, 0) is 17.1 Å². The van der Waals surface area contributed by atoms with Gasteiger partial charge < -0.3 is 4.57 Å². The number of anilines is 1. The number of nitrogens with zero attached hydrogens (tertiary/aromatic N) is 4. The molecule has 0 aliphatic carbocycles. The molecule has 8 nitrogen and oxygen atoms in total. The van der Waals surface area contributed by atoms with E-state index >= 15 is 0 Å². The number of nitrogens with one attached hydrogen (secondary N) is 1. The van der Waals surface area contributed by atoms with E-state index in [9.17, 15) is 13.2 Å². The molecule has 1 amide bonds. The minimum Gasteiger partial charge on any atom is -0.313 e. The summed E-state index contributed by atoms with van der Waals surface area (Å²) < 4.78 is 29.4. The zero-order valence-corrected chi connectivity index (χ0v) is 21.6. The number of benzene rings is 2. The van der Waals surface area contributed by atoms with Crippen molar-refractivity contribution < 1.29 is 13.2 Å². The smallest absolute Gasteiger partial charge is 0.277 e. The Morgan fingerprint density at radius 1 is 1.14 bits per heavy atom. The number of aromatic nitrogens is 3. The van der Waals surface area contributed by atoms with Gasteiger partial charge in [-0.15, -0.1) is 11.3 Å². The largest absolute Gasteiger partial charge is 0.313 e. The van der Waals surface area contributed by atoms with Crippen molar-refractivity contribution in [3.8, 4) is 0 Å². The third kappa shape index (κ3) is 4.58. The van der Waals surface area contributed by atoms with Crippen LogP contribution in [0.2, 0.25) is 5.02 Å². The number of rotatable bonds is 5. The van der Waals surface area contributed by atoms with Gasteiger partial charge in [-0.1, -0.05) is 29.8 Å². The number of para-hydroxylation sites is 2. The molecule has 2 aromatic carbocycles. The molecule has 5 rings (SSSR count). The third-order valence-corrected chi connectivity index (χ3v) is 9.66. The summed E-state index contributed by atoms with van der Waals surface area (Å²) in [5.74, 6) is 0.244. The van der Waals surface area contributed by atoms with Crippen molar-refractivity contribution in [1.82, 2.24) is 18.8 Å². The molecule has 182 valence electrons. The summed E-state index contributed by atoms with van der Waals surface area (Å²) in [6.07, 6.45) is 1.27. The van der Waals surface area contributed by atoms with E-state index in [1.54, 1.807) is 17.5 Å². The highest BCUT2D eigenvalue weighted by atomic mass is 35.5. The molecule has 35 heavy (non-hydrogen) atoms. The Morgan fingerprint density at radius 3 is 2.60 bits per heavy atom. The van der Waals surface area contributed by atoms with Crippen LogP contribution in [-0.4, -0.2) is 46.3 Å². The molecule has 3 heterocycles. The highest BCUT2D eigenvalue weighted by molar-refractivity contribution is 7.89. The van der Waals surface area contributed by atoms with E-state index in [4.69, 9.17) is 11.6 Å². The van der Waals surface area contributed by atoms with Crippen LogP contribution < -0.4 is 5.32 Å². The molecule has 1 aliphatic rings. The number of halogens is 1. The number of hydrogen-bond acceptors (Lipinski definition) is 6. The molecule has 4 aromatic rings. The van der Waals surface area contributed by atoms with E-state index in [0.29, 0.717) is 42.6 Å². The number of aryl methyl sites for hydroxylation is 2. The molecule has 0 bridgehead atoms. The van der Waals surface area contributed by atoms with Gasteiger partial charge in [0.1, 0.15) is 5.69 Å². The van der Waals surface area contributed by atoms with Gasteiger partial charge in [0.25, 0.3) is 5.91 Å². The number of amides is 1. The molecule has 11 heteroatoms. The number of sulfonamides is 1. The lowest BCUT2D eigenvalue weighted by Crippen LogP contribution is -2.37. The maximum Gasteiger partial charge on any atom is 0.277 e. The van der Waals surface area contributed by atoms with Gasteiger partial charge in [0.2, 0.25) is 16.0 Å². The standard InChI is InChI=1S/C24H24ClN5O3S2/c1-15-7-8-17(13-18(15)25)35(32,33)30-11-9-16(10-12-30)23-26-20(14-34-23)22(31)28-24-27-19-5-3-4-6-21(19)29(24)2/h3-8,13-14,16H,9-12H2,1-2H3,(H,27,28,31). The van der Waals surface area contributed by atoms with Crippen LogP contribution in [0, 0.1) is 6.92 Å². The predicted molar refractivity (Wildman–Crippen MR) is 138 cm³/mol. The lowest BCUT2D eigenvalue weighted by Gasteiger charge is -2.30. The normalized spacial score (nSPS) is 15.5. The predicted octanol–water partition coefficient (Wildman–Crippen LogP) is 4.81. The number of carbonyl (C=O) groups excluding carboxylic acids is 1. The van der Waals surface area contributed by atoms with Crippen LogP contribution >= 0.6 is 22.9 Å². The number of hydrogen-bond donors (Lipinski definition) is 1. The van der Waals surface area contributed by atoms with E-state index < -0.39 is 10.0 Å². The van der Waals surface area contributed by atoms with Crippen LogP contribution in [0.15, 0.2) is 52.7 Å². The Kier molecular flexibility index (Phi) is 6.39. The second-order valence-electron chi connectivity index (χ2n) is 8.60. The Morgan fingerprint density at radius 2 is 1.89 bits per heavy atom. The van der Waals surface area contributed by atoms with Crippen molar-refractivity contribution in [1.29, 1.82) is 0 Å². The van der Waals surface area contributed by atoms with E-state index in [-0.39, 0.29) is 16.7 Å². The molecular formula is C24H24ClN5O3S2.